The molecule has 1 atom stereocenters. The molecule has 1 amide bonds. The van der Waals surface area contributed by atoms with E-state index in [1.54, 1.807) is 34.9 Å². The van der Waals surface area contributed by atoms with E-state index in [4.69, 9.17) is 11.6 Å². The molecule has 0 aromatic heterocycles. The van der Waals surface area contributed by atoms with Crippen LogP contribution in [0.15, 0.2) is 40.9 Å². The number of carbonyl (C=O) groups excluding carboxylic acids is 1. The lowest BCUT2D eigenvalue weighted by Crippen LogP contribution is -2.33. The Morgan fingerprint density at radius 2 is 2.00 bits per heavy atom. The molecular weight excluding hydrogens is 432 g/mol. The van der Waals surface area contributed by atoms with Gasteiger partial charge in [0, 0.05) is 34.1 Å². The van der Waals surface area contributed by atoms with Gasteiger partial charge in [0.25, 0.3) is 5.91 Å². The number of hydrogen-bond acceptors (Lipinski definition) is 2. The monoisotopic (exact) mass is 445 g/mol. The maximum atomic E-state index is 14.0. The van der Waals surface area contributed by atoms with E-state index in [-0.39, 0.29) is 11.2 Å². The third-order valence-corrected chi connectivity index (χ3v) is 6.23. The standard InChI is InChI=1S/C18H15BrClF2NOS/c19-11-1-3-15(20)13(9-11)18(24)23-6-5-17(25-8-7-23)14-10-12(21)2-4-16(14)22/h1-4,9-10,17H,5-8H2. The normalized spacial score (nSPS) is 18.1. The molecule has 0 saturated carbocycles. The average Bonchev–Trinajstić information content (AvgIpc) is 2.84. The Morgan fingerprint density at radius 3 is 2.80 bits per heavy atom. The summed E-state index contributed by atoms with van der Waals surface area (Å²) >= 11 is 11.0. The van der Waals surface area contributed by atoms with Crippen molar-refractivity contribution in [1.82, 2.24) is 4.90 Å². The number of benzene rings is 2. The molecule has 1 saturated heterocycles. The Morgan fingerprint density at radius 1 is 1.20 bits per heavy atom. The molecule has 0 N–H and O–H groups in total. The van der Waals surface area contributed by atoms with Crippen molar-refractivity contribution in [3.05, 3.63) is 68.7 Å². The number of halogens is 4. The Hall–Kier alpha value is -1.11. The van der Waals surface area contributed by atoms with Crippen molar-refractivity contribution in [1.29, 1.82) is 0 Å². The summed E-state index contributed by atoms with van der Waals surface area (Å²) in [5.41, 5.74) is 0.802. The number of hydrogen-bond donors (Lipinski definition) is 0. The van der Waals surface area contributed by atoms with Crippen molar-refractivity contribution in [3.63, 3.8) is 0 Å². The minimum absolute atomic E-state index is 0.146. The van der Waals surface area contributed by atoms with Crippen molar-refractivity contribution in [2.45, 2.75) is 11.7 Å². The molecule has 1 fully saturated rings. The Bertz CT molecular complexity index is 805. The lowest BCUT2D eigenvalue weighted by molar-refractivity contribution is 0.0766. The van der Waals surface area contributed by atoms with Gasteiger partial charge in [0.15, 0.2) is 0 Å². The Balaban J connectivity index is 1.76. The van der Waals surface area contributed by atoms with Crippen LogP contribution in [0.2, 0.25) is 5.02 Å². The SMILES string of the molecule is O=C(c1cc(Br)ccc1Cl)N1CCSC(c2cc(F)ccc2F)CC1. The molecule has 0 bridgehead atoms. The van der Waals surface area contributed by atoms with Gasteiger partial charge >= 0.3 is 0 Å². The molecule has 1 heterocycles. The van der Waals surface area contributed by atoms with Crippen LogP contribution in [0.1, 0.15) is 27.6 Å². The summed E-state index contributed by atoms with van der Waals surface area (Å²) in [4.78, 5) is 14.5. The van der Waals surface area contributed by atoms with E-state index < -0.39 is 11.6 Å². The van der Waals surface area contributed by atoms with Crippen molar-refractivity contribution >= 4 is 45.2 Å². The second-order valence-electron chi connectivity index (χ2n) is 5.73. The molecule has 3 rings (SSSR count). The first kappa shape index (κ1) is 18.7. The minimum atomic E-state index is -0.449. The molecule has 0 aliphatic carbocycles. The van der Waals surface area contributed by atoms with E-state index in [0.29, 0.717) is 41.4 Å². The molecule has 1 aliphatic heterocycles. The van der Waals surface area contributed by atoms with E-state index in [2.05, 4.69) is 15.9 Å². The van der Waals surface area contributed by atoms with Gasteiger partial charge in [-0.2, -0.15) is 11.8 Å². The number of carbonyl (C=O) groups is 1. The molecule has 2 nitrogen and oxygen atoms in total. The second-order valence-corrected chi connectivity index (χ2v) is 8.36. The number of thioether (sulfide) groups is 1. The summed E-state index contributed by atoms with van der Waals surface area (Å²) in [6, 6.07) is 8.67. The number of amides is 1. The van der Waals surface area contributed by atoms with Gasteiger partial charge < -0.3 is 4.90 Å². The lowest BCUT2D eigenvalue weighted by Gasteiger charge is -2.21. The maximum Gasteiger partial charge on any atom is 0.255 e. The predicted molar refractivity (Wildman–Crippen MR) is 101 cm³/mol. The minimum Gasteiger partial charge on any atom is -0.338 e. The summed E-state index contributed by atoms with van der Waals surface area (Å²) in [5, 5.41) is 0.226. The van der Waals surface area contributed by atoms with Crippen LogP contribution in [0.3, 0.4) is 0 Å². The third-order valence-electron chi connectivity index (χ3n) is 4.09. The first-order valence-corrected chi connectivity index (χ1v) is 9.98. The molecule has 25 heavy (non-hydrogen) atoms. The van der Waals surface area contributed by atoms with Gasteiger partial charge in [-0.15, -0.1) is 0 Å². The molecule has 7 heteroatoms. The molecule has 2 aromatic carbocycles. The largest absolute Gasteiger partial charge is 0.338 e. The van der Waals surface area contributed by atoms with E-state index in [1.807, 2.05) is 0 Å². The number of rotatable bonds is 2. The summed E-state index contributed by atoms with van der Waals surface area (Å²) in [5.74, 6) is -0.353. The van der Waals surface area contributed by atoms with Crippen LogP contribution in [0.4, 0.5) is 8.78 Å². The first-order chi connectivity index (χ1) is 12.0. The highest BCUT2D eigenvalue weighted by Crippen LogP contribution is 2.36. The Labute approximate surface area is 162 Å². The molecule has 0 spiro atoms. The molecule has 1 aliphatic rings. The van der Waals surface area contributed by atoms with Crippen LogP contribution in [-0.4, -0.2) is 29.6 Å². The topological polar surface area (TPSA) is 20.3 Å². The maximum absolute atomic E-state index is 14.0. The van der Waals surface area contributed by atoms with Gasteiger partial charge in [0.1, 0.15) is 11.6 Å². The molecule has 0 radical (unpaired) electrons. The first-order valence-electron chi connectivity index (χ1n) is 7.76. The Kier molecular flexibility index (Phi) is 6.02. The fourth-order valence-electron chi connectivity index (χ4n) is 2.81. The van der Waals surface area contributed by atoms with E-state index in [9.17, 15) is 13.6 Å². The van der Waals surface area contributed by atoms with Crippen LogP contribution < -0.4 is 0 Å². The summed E-state index contributed by atoms with van der Waals surface area (Å²) in [7, 11) is 0. The van der Waals surface area contributed by atoms with Crippen molar-refractivity contribution in [3.8, 4) is 0 Å². The van der Waals surface area contributed by atoms with Gasteiger partial charge in [-0.3, -0.25) is 4.79 Å². The van der Waals surface area contributed by atoms with Crippen LogP contribution in [-0.2, 0) is 0 Å². The zero-order valence-electron chi connectivity index (χ0n) is 13.1. The van der Waals surface area contributed by atoms with Crippen molar-refractivity contribution in [2.75, 3.05) is 18.8 Å². The summed E-state index contributed by atoms with van der Waals surface area (Å²) in [6.45, 7) is 1.01. The predicted octanol–water partition coefficient (Wildman–Crippen LogP) is 5.70. The van der Waals surface area contributed by atoms with Gasteiger partial charge in [-0.05, 0) is 42.8 Å². The molecule has 132 valence electrons. The highest BCUT2D eigenvalue weighted by Gasteiger charge is 2.25. The van der Waals surface area contributed by atoms with Gasteiger partial charge in [-0.25, -0.2) is 8.78 Å². The highest BCUT2D eigenvalue weighted by molar-refractivity contribution is 9.10. The highest BCUT2D eigenvalue weighted by atomic mass is 79.9. The van der Waals surface area contributed by atoms with Crippen molar-refractivity contribution < 1.29 is 13.6 Å². The van der Waals surface area contributed by atoms with Crippen LogP contribution in [0, 0.1) is 11.6 Å². The van der Waals surface area contributed by atoms with Gasteiger partial charge in [0.2, 0.25) is 0 Å². The van der Waals surface area contributed by atoms with E-state index in [0.717, 1.165) is 16.6 Å². The summed E-state index contributed by atoms with van der Waals surface area (Å²) in [6.07, 6.45) is 0.558. The zero-order valence-corrected chi connectivity index (χ0v) is 16.3. The smallest absolute Gasteiger partial charge is 0.255 e. The summed E-state index contributed by atoms with van der Waals surface area (Å²) < 4.78 is 28.3. The number of nitrogens with zero attached hydrogens (tertiary/aromatic N) is 1. The molecule has 1 unspecified atom stereocenters. The van der Waals surface area contributed by atoms with Crippen LogP contribution in [0.5, 0.6) is 0 Å². The quantitative estimate of drug-likeness (QED) is 0.590. The average molecular weight is 447 g/mol. The third kappa shape index (κ3) is 4.36. The van der Waals surface area contributed by atoms with Crippen LogP contribution in [0.25, 0.3) is 0 Å². The molecular formula is C18H15BrClF2NOS. The lowest BCUT2D eigenvalue weighted by atomic mass is 10.1. The molecule has 2 aromatic rings. The van der Waals surface area contributed by atoms with E-state index >= 15 is 0 Å². The van der Waals surface area contributed by atoms with E-state index in [1.165, 1.54) is 6.07 Å². The van der Waals surface area contributed by atoms with Crippen LogP contribution >= 0.6 is 39.3 Å². The fraction of sp³-hybridized carbons (Fsp3) is 0.278. The second kappa shape index (κ2) is 8.06. The zero-order chi connectivity index (χ0) is 18.0. The van der Waals surface area contributed by atoms with Gasteiger partial charge in [-0.1, -0.05) is 27.5 Å². The fourth-order valence-corrected chi connectivity index (χ4v) is 4.62. The van der Waals surface area contributed by atoms with Crippen molar-refractivity contribution in [2.24, 2.45) is 0 Å². The van der Waals surface area contributed by atoms with Gasteiger partial charge in [0.05, 0.1) is 10.6 Å².